The highest BCUT2D eigenvalue weighted by Crippen LogP contribution is 2.31. The summed E-state index contributed by atoms with van der Waals surface area (Å²) >= 11 is 1.52. The van der Waals surface area contributed by atoms with Crippen LogP contribution in [-0.4, -0.2) is 19.2 Å². The maximum absolute atomic E-state index is 12.9. The third kappa shape index (κ3) is 2.27. The van der Waals surface area contributed by atoms with Gasteiger partial charge in [-0.05, 0) is 30.7 Å². The van der Waals surface area contributed by atoms with E-state index in [1.165, 1.54) is 21.4 Å². The van der Waals surface area contributed by atoms with Crippen molar-refractivity contribution in [2.24, 2.45) is 0 Å². The van der Waals surface area contributed by atoms with Crippen LogP contribution in [0.1, 0.15) is 5.56 Å². The Bertz CT molecular complexity index is 1300. The Morgan fingerprint density at radius 1 is 1.00 bits per heavy atom. The summed E-state index contributed by atoms with van der Waals surface area (Å²) in [6.07, 6.45) is 1.63. The molecular formula is C20H14N4OS. The molecule has 5 rings (SSSR count). The fraction of sp³-hybridized carbons (Fsp3) is 0.0500. The van der Waals surface area contributed by atoms with Crippen LogP contribution in [0.2, 0.25) is 0 Å². The van der Waals surface area contributed by atoms with Crippen molar-refractivity contribution in [3.63, 3.8) is 0 Å². The van der Waals surface area contributed by atoms with Gasteiger partial charge in [0.15, 0.2) is 0 Å². The van der Waals surface area contributed by atoms with Crippen molar-refractivity contribution in [1.82, 2.24) is 19.2 Å². The Morgan fingerprint density at radius 3 is 2.54 bits per heavy atom. The van der Waals surface area contributed by atoms with Crippen molar-refractivity contribution in [1.29, 1.82) is 0 Å². The molecule has 3 heterocycles. The van der Waals surface area contributed by atoms with Crippen molar-refractivity contribution < 1.29 is 0 Å². The minimum atomic E-state index is -0.144. The van der Waals surface area contributed by atoms with Gasteiger partial charge in [0.2, 0.25) is 5.78 Å². The highest BCUT2D eigenvalue weighted by molar-refractivity contribution is 7.21. The summed E-state index contributed by atoms with van der Waals surface area (Å²) in [6.45, 7) is 2.04. The Morgan fingerprint density at radius 2 is 1.77 bits per heavy atom. The molecule has 0 amide bonds. The summed E-state index contributed by atoms with van der Waals surface area (Å²) in [4.78, 5) is 19.4. The quantitative estimate of drug-likeness (QED) is 0.478. The van der Waals surface area contributed by atoms with Gasteiger partial charge in [0, 0.05) is 4.88 Å². The van der Waals surface area contributed by atoms with Gasteiger partial charge in [-0.25, -0.2) is 4.98 Å². The van der Waals surface area contributed by atoms with E-state index < -0.39 is 0 Å². The third-order valence-corrected chi connectivity index (χ3v) is 5.47. The van der Waals surface area contributed by atoms with Crippen molar-refractivity contribution in [2.75, 3.05) is 0 Å². The second kappa shape index (κ2) is 5.64. The molecule has 0 aliphatic carbocycles. The second-order valence-corrected chi connectivity index (χ2v) is 7.19. The molecule has 0 aliphatic rings. The molecule has 2 aromatic carbocycles. The van der Waals surface area contributed by atoms with Gasteiger partial charge in [0.1, 0.15) is 11.2 Å². The number of hydrogen-bond acceptors (Lipinski definition) is 4. The topological polar surface area (TPSA) is 52.2 Å². The number of nitrogens with zero attached hydrogens (tertiary/aromatic N) is 4. The van der Waals surface area contributed by atoms with Crippen LogP contribution in [0.25, 0.3) is 32.1 Å². The number of fused-ring (bicyclic) bond motifs is 2. The van der Waals surface area contributed by atoms with E-state index in [0.717, 1.165) is 21.0 Å². The van der Waals surface area contributed by atoms with Gasteiger partial charge in [-0.15, -0.1) is 11.3 Å². The molecule has 0 spiro atoms. The molecule has 126 valence electrons. The van der Waals surface area contributed by atoms with E-state index in [1.54, 1.807) is 6.33 Å². The Balaban J connectivity index is 1.76. The van der Waals surface area contributed by atoms with Crippen molar-refractivity contribution >= 4 is 27.3 Å². The normalized spacial score (nSPS) is 11.4. The summed E-state index contributed by atoms with van der Waals surface area (Å²) in [6, 6.07) is 20.0. The van der Waals surface area contributed by atoms with E-state index in [0.29, 0.717) is 11.2 Å². The third-order valence-electron chi connectivity index (χ3n) is 4.39. The lowest BCUT2D eigenvalue weighted by Crippen LogP contribution is -2.15. The number of aryl methyl sites for hydroxylation is 1. The molecule has 0 saturated heterocycles. The van der Waals surface area contributed by atoms with Crippen LogP contribution in [0.3, 0.4) is 0 Å². The van der Waals surface area contributed by atoms with Crippen molar-refractivity contribution in [3.05, 3.63) is 82.9 Å². The maximum atomic E-state index is 12.9. The zero-order valence-corrected chi connectivity index (χ0v) is 14.8. The molecule has 26 heavy (non-hydrogen) atoms. The Kier molecular flexibility index (Phi) is 3.26. The highest BCUT2D eigenvalue weighted by atomic mass is 32.1. The van der Waals surface area contributed by atoms with E-state index in [1.807, 2.05) is 72.2 Å². The Labute approximate surface area is 152 Å². The summed E-state index contributed by atoms with van der Waals surface area (Å²) in [7, 11) is 0. The smallest absolute Gasteiger partial charge is 0.267 e. The van der Waals surface area contributed by atoms with Crippen molar-refractivity contribution in [2.45, 2.75) is 6.92 Å². The molecule has 6 heteroatoms. The average Bonchev–Trinajstić information content (AvgIpc) is 3.28. The SMILES string of the molecule is Cc1ccc(-n2cnn3c(=O)c4cc(-c5ccccc5)sc4nc23)cc1. The van der Waals surface area contributed by atoms with Gasteiger partial charge in [0.25, 0.3) is 5.56 Å². The summed E-state index contributed by atoms with van der Waals surface area (Å²) in [5, 5.41) is 4.86. The minimum absolute atomic E-state index is 0.144. The molecule has 0 saturated carbocycles. The molecular weight excluding hydrogens is 344 g/mol. The van der Waals surface area contributed by atoms with E-state index in [-0.39, 0.29) is 5.56 Å². The number of thiophene rings is 1. The summed E-state index contributed by atoms with van der Waals surface area (Å²) < 4.78 is 3.20. The van der Waals surface area contributed by atoms with Crippen LogP contribution in [0, 0.1) is 6.92 Å². The van der Waals surface area contributed by atoms with Crippen LogP contribution in [0.5, 0.6) is 0 Å². The van der Waals surface area contributed by atoms with E-state index in [4.69, 9.17) is 4.98 Å². The highest BCUT2D eigenvalue weighted by Gasteiger charge is 2.15. The monoisotopic (exact) mass is 358 g/mol. The van der Waals surface area contributed by atoms with Crippen LogP contribution in [-0.2, 0) is 0 Å². The lowest BCUT2D eigenvalue weighted by Gasteiger charge is -2.03. The first-order valence-corrected chi connectivity index (χ1v) is 9.05. The first kappa shape index (κ1) is 15.0. The minimum Gasteiger partial charge on any atom is -0.267 e. The van der Waals surface area contributed by atoms with Gasteiger partial charge < -0.3 is 0 Å². The standard InChI is InChI=1S/C20H14N4OS/c1-13-7-9-15(10-8-13)23-12-21-24-19(25)16-11-17(14-5-3-2-4-6-14)26-18(16)22-20(23)24/h2-12H,1H3. The van der Waals surface area contributed by atoms with Crippen molar-refractivity contribution in [3.8, 4) is 16.1 Å². The molecule has 3 aromatic heterocycles. The van der Waals surface area contributed by atoms with Crippen LogP contribution in [0.4, 0.5) is 0 Å². The summed E-state index contributed by atoms with van der Waals surface area (Å²) in [5.74, 6) is 0.521. The Hall–Kier alpha value is -3.25. The van der Waals surface area contributed by atoms with Crippen LogP contribution in [0.15, 0.2) is 71.8 Å². The molecule has 5 aromatic rings. The maximum Gasteiger partial charge on any atom is 0.284 e. The molecule has 0 unspecified atom stereocenters. The number of hydrogen-bond donors (Lipinski definition) is 0. The van der Waals surface area contributed by atoms with Gasteiger partial charge in [0.05, 0.1) is 11.1 Å². The zero-order chi connectivity index (χ0) is 17.7. The molecule has 0 N–H and O–H groups in total. The van der Waals surface area contributed by atoms with Crippen LogP contribution >= 0.6 is 11.3 Å². The molecule has 0 radical (unpaired) electrons. The largest absolute Gasteiger partial charge is 0.284 e. The number of aromatic nitrogens is 4. The molecule has 0 fully saturated rings. The second-order valence-electron chi connectivity index (χ2n) is 6.16. The number of benzene rings is 2. The number of rotatable bonds is 2. The lowest BCUT2D eigenvalue weighted by molar-refractivity contribution is 0.916. The van der Waals surface area contributed by atoms with Gasteiger partial charge in [-0.1, -0.05) is 48.0 Å². The fourth-order valence-corrected chi connectivity index (χ4v) is 4.03. The average molecular weight is 358 g/mol. The molecule has 0 bridgehead atoms. The molecule has 0 atom stereocenters. The van der Waals surface area contributed by atoms with E-state index >= 15 is 0 Å². The summed E-state index contributed by atoms with van der Waals surface area (Å²) in [5.41, 5.74) is 3.04. The predicted molar refractivity (Wildman–Crippen MR) is 104 cm³/mol. The van der Waals surface area contributed by atoms with E-state index in [2.05, 4.69) is 5.10 Å². The molecule has 5 nitrogen and oxygen atoms in total. The van der Waals surface area contributed by atoms with Gasteiger partial charge in [-0.2, -0.15) is 9.61 Å². The fourth-order valence-electron chi connectivity index (χ4n) is 3.01. The van der Waals surface area contributed by atoms with Crippen LogP contribution < -0.4 is 5.56 Å². The van der Waals surface area contributed by atoms with E-state index in [9.17, 15) is 4.79 Å². The first-order chi connectivity index (χ1) is 12.7. The van der Waals surface area contributed by atoms with Gasteiger partial charge in [-0.3, -0.25) is 9.36 Å². The first-order valence-electron chi connectivity index (χ1n) is 8.23. The lowest BCUT2D eigenvalue weighted by atomic mass is 10.2. The predicted octanol–water partition coefficient (Wildman–Crippen LogP) is 4.07. The molecule has 0 aliphatic heterocycles. The van der Waals surface area contributed by atoms with Gasteiger partial charge >= 0.3 is 0 Å². The zero-order valence-electron chi connectivity index (χ0n) is 14.0.